The van der Waals surface area contributed by atoms with Crippen molar-refractivity contribution >= 4 is 28.3 Å². The highest BCUT2D eigenvalue weighted by atomic mass is 127. The predicted octanol–water partition coefficient (Wildman–Crippen LogP) is 2.86. The third kappa shape index (κ3) is 3.13. The Balaban J connectivity index is 2.75. The van der Waals surface area contributed by atoms with Crippen LogP contribution in [0.5, 0.6) is 0 Å². The Labute approximate surface area is 98.9 Å². The van der Waals surface area contributed by atoms with E-state index < -0.39 is 5.60 Å². The molecule has 0 aliphatic rings. The quantitative estimate of drug-likeness (QED) is 0.842. The van der Waals surface area contributed by atoms with Gasteiger partial charge in [-0.05, 0) is 55.5 Å². The molecule has 0 aromatic heterocycles. The monoisotopic (exact) mass is 305 g/mol. The van der Waals surface area contributed by atoms with E-state index in [-0.39, 0.29) is 6.04 Å². The van der Waals surface area contributed by atoms with E-state index in [1.165, 1.54) is 3.57 Å². The molecule has 1 rings (SSSR count). The van der Waals surface area contributed by atoms with E-state index in [2.05, 4.69) is 27.9 Å². The van der Waals surface area contributed by atoms with Gasteiger partial charge in [-0.1, -0.05) is 12.1 Å². The molecule has 2 nitrogen and oxygen atoms in total. The first kappa shape index (κ1) is 11.8. The summed E-state index contributed by atoms with van der Waals surface area (Å²) in [5.41, 5.74) is 0.363. The van der Waals surface area contributed by atoms with E-state index in [1.807, 2.05) is 31.2 Å². The maximum atomic E-state index is 9.77. The molecule has 0 aliphatic heterocycles. The Bertz CT molecular complexity index is 306. The summed E-state index contributed by atoms with van der Waals surface area (Å²) in [7, 11) is 0. The zero-order valence-corrected chi connectivity index (χ0v) is 10.9. The van der Waals surface area contributed by atoms with E-state index >= 15 is 0 Å². The van der Waals surface area contributed by atoms with Crippen LogP contribution in [0.4, 0.5) is 5.69 Å². The molecular formula is C11H16INO. The Hall–Kier alpha value is -0.290. The fourth-order valence-corrected chi connectivity index (χ4v) is 1.53. The van der Waals surface area contributed by atoms with E-state index in [9.17, 15) is 5.11 Å². The Kier molecular flexibility index (Phi) is 3.78. The molecule has 0 spiro atoms. The summed E-state index contributed by atoms with van der Waals surface area (Å²) >= 11 is 2.28. The molecule has 1 aromatic carbocycles. The second kappa shape index (κ2) is 4.49. The van der Waals surface area contributed by atoms with Crippen molar-refractivity contribution in [1.29, 1.82) is 0 Å². The summed E-state index contributed by atoms with van der Waals surface area (Å²) in [4.78, 5) is 0. The molecule has 0 saturated carbocycles. The zero-order valence-electron chi connectivity index (χ0n) is 8.71. The van der Waals surface area contributed by atoms with E-state index in [0.717, 1.165) is 5.69 Å². The van der Waals surface area contributed by atoms with Crippen LogP contribution in [0, 0.1) is 3.57 Å². The van der Waals surface area contributed by atoms with Gasteiger partial charge in [-0.2, -0.15) is 0 Å². The number of halogens is 1. The Morgan fingerprint density at radius 2 is 1.93 bits per heavy atom. The first-order valence-electron chi connectivity index (χ1n) is 4.64. The summed E-state index contributed by atoms with van der Waals surface area (Å²) in [6.07, 6.45) is 0. The molecule has 0 heterocycles. The smallest absolute Gasteiger partial charge is 0.0789 e. The summed E-state index contributed by atoms with van der Waals surface area (Å²) in [6, 6.07) is 8.08. The van der Waals surface area contributed by atoms with Crippen LogP contribution in [0.15, 0.2) is 24.3 Å². The van der Waals surface area contributed by atoms with Crippen LogP contribution in [0.1, 0.15) is 20.8 Å². The first-order valence-corrected chi connectivity index (χ1v) is 5.72. The van der Waals surface area contributed by atoms with Crippen LogP contribution in [-0.2, 0) is 0 Å². The van der Waals surface area contributed by atoms with E-state index in [0.29, 0.717) is 0 Å². The van der Waals surface area contributed by atoms with Gasteiger partial charge in [0, 0.05) is 9.26 Å². The first-order chi connectivity index (χ1) is 6.41. The molecule has 0 aliphatic carbocycles. The normalized spacial score (nSPS) is 13.8. The third-order valence-electron chi connectivity index (χ3n) is 2.31. The fraction of sp³-hybridized carbons (Fsp3) is 0.455. The van der Waals surface area contributed by atoms with Gasteiger partial charge in [0.2, 0.25) is 0 Å². The number of nitrogens with one attached hydrogen (secondary N) is 1. The lowest BCUT2D eigenvalue weighted by Crippen LogP contribution is -2.39. The number of anilines is 1. The minimum atomic E-state index is -0.709. The van der Waals surface area contributed by atoms with Gasteiger partial charge in [-0.3, -0.25) is 0 Å². The van der Waals surface area contributed by atoms with Gasteiger partial charge < -0.3 is 10.4 Å². The van der Waals surface area contributed by atoms with Crippen LogP contribution >= 0.6 is 22.6 Å². The summed E-state index contributed by atoms with van der Waals surface area (Å²) < 4.78 is 1.17. The molecule has 1 aromatic rings. The average molecular weight is 305 g/mol. The van der Waals surface area contributed by atoms with Crippen LogP contribution in [-0.4, -0.2) is 16.7 Å². The van der Waals surface area contributed by atoms with Gasteiger partial charge in [-0.25, -0.2) is 0 Å². The molecule has 0 bridgehead atoms. The molecule has 0 radical (unpaired) electrons. The average Bonchev–Trinajstić information content (AvgIpc) is 2.07. The number of aliphatic hydroxyl groups is 1. The zero-order chi connectivity index (χ0) is 10.8. The van der Waals surface area contributed by atoms with Crippen molar-refractivity contribution < 1.29 is 5.11 Å². The van der Waals surface area contributed by atoms with Crippen molar-refractivity contribution in [3.63, 3.8) is 0 Å². The SMILES string of the molecule is CC(Nc1ccccc1I)C(C)(C)O. The highest BCUT2D eigenvalue weighted by Gasteiger charge is 2.22. The molecule has 1 atom stereocenters. The topological polar surface area (TPSA) is 32.3 Å². The fourth-order valence-electron chi connectivity index (χ4n) is 0.988. The van der Waals surface area contributed by atoms with Crippen molar-refractivity contribution in [1.82, 2.24) is 0 Å². The van der Waals surface area contributed by atoms with Gasteiger partial charge in [-0.15, -0.1) is 0 Å². The number of rotatable bonds is 3. The highest BCUT2D eigenvalue weighted by molar-refractivity contribution is 14.1. The van der Waals surface area contributed by atoms with Gasteiger partial charge in [0.25, 0.3) is 0 Å². The minimum absolute atomic E-state index is 0.0263. The molecule has 0 amide bonds. The number of hydrogen-bond acceptors (Lipinski definition) is 2. The summed E-state index contributed by atoms with van der Waals surface area (Å²) in [5.74, 6) is 0. The molecule has 1 unspecified atom stereocenters. The van der Waals surface area contributed by atoms with E-state index in [1.54, 1.807) is 13.8 Å². The summed E-state index contributed by atoms with van der Waals surface area (Å²) in [5, 5.41) is 13.1. The van der Waals surface area contributed by atoms with Crippen LogP contribution in [0.3, 0.4) is 0 Å². The van der Waals surface area contributed by atoms with Crippen LogP contribution < -0.4 is 5.32 Å². The second-order valence-electron chi connectivity index (χ2n) is 4.00. The second-order valence-corrected chi connectivity index (χ2v) is 5.16. The number of para-hydroxylation sites is 1. The van der Waals surface area contributed by atoms with Gasteiger partial charge in [0.1, 0.15) is 0 Å². The Morgan fingerprint density at radius 3 is 2.43 bits per heavy atom. The van der Waals surface area contributed by atoms with Crippen molar-refractivity contribution in [2.45, 2.75) is 32.4 Å². The molecule has 78 valence electrons. The van der Waals surface area contributed by atoms with Gasteiger partial charge >= 0.3 is 0 Å². The third-order valence-corrected chi connectivity index (χ3v) is 3.25. The van der Waals surface area contributed by atoms with Crippen molar-refractivity contribution in [2.24, 2.45) is 0 Å². The summed E-state index contributed by atoms with van der Waals surface area (Å²) in [6.45, 7) is 5.59. The molecule has 3 heteroatoms. The van der Waals surface area contributed by atoms with Crippen molar-refractivity contribution in [3.05, 3.63) is 27.8 Å². The minimum Gasteiger partial charge on any atom is -0.388 e. The lowest BCUT2D eigenvalue weighted by atomic mass is 10.0. The maximum absolute atomic E-state index is 9.77. The lowest BCUT2D eigenvalue weighted by Gasteiger charge is -2.28. The number of benzene rings is 1. The van der Waals surface area contributed by atoms with Gasteiger partial charge in [0.05, 0.1) is 11.6 Å². The number of hydrogen-bond donors (Lipinski definition) is 2. The maximum Gasteiger partial charge on any atom is 0.0789 e. The van der Waals surface area contributed by atoms with Gasteiger partial charge in [0.15, 0.2) is 0 Å². The predicted molar refractivity (Wildman–Crippen MR) is 68.5 cm³/mol. The molecular weight excluding hydrogens is 289 g/mol. The van der Waals surface area contributed by atoms with E-state index in [4.69, 9.17) is 0 Å². The van der Waals surface area contributed by atoms with Crippen LogP contribution in [0.2, 0.25) is 0 Å². The van der Waals surface area contributed by atoms with Crippen LogP contribution in [0.25, 0.3) is 0 Å². The lowest BCUT2D eigenvalue weighted by molar-refractivity contribution is 0.0649. The Morgan fingerprint density at radius 1 is 1.36 bits per heavy atom. The molecule has 0 fully saturated rings. The highest BCUT2D eigenvalue weighted by Crippen LogP contribution is 2.20. The molecule has 14 heavy (non-hydrogen) atoms. The molecule has 0 saturated heterocycles. The van der Waals surface area contributed by atoms with Crippen molar-refractivity contribution in [3.8, 4) is 0 Å². The van der Waals surface area contributed by atoms with Crippen molar-refractivity contribution in [2.75, 3.05) is 5.32 Å². The largest absolute Gasteiger partial charge is 0.388 e. The molecule has 2 N–H and O–H groups in total. The standard InChI is InChI=1S/C11H16INO/c1-8(11(2,3)14)13-10-7-5-4-6-9(10)12/h4-8,13-14H,1-3H3.